The minimum Gasteiger partial charge on any atom is -0.313 e. The molecule has 2 saturated carbocycles. The van der Waals surface area contributed by atoms with Crippen LogP contribution in [0.15, 0.2) is 24.3 Å². The molecule has 1 aromatic rings. The van der Waals surface area contributed by atoms with E-state index in [0.717, 1.165) is 23.5 Å². The summed E-state index contributed by atoms with van der Waals surface area (Å²) < 4.78 is 0. The summed E-state index contributed by atoms with van der Waals surface area (Å²) in [5.74, 6) is 0.833. The smallest absolute Gasteiger partial charge is 0.0406 e. The van der Waals surface area contributed by atoms with Crippen molar-refractivity contribution in [3.05, 3.63) is 34.9 Å². The number of benzene rings is 1. The largest absolute Gasteiger partial charge is 0.313 e. The molecule has 0 amide bonds. The van der Waals surface area contributed by atoms with Crippen molar-refractivity contribution in [1.29, 1.82) is 0 Å². The zero-order valence-corrected chi connectivity index (χ0v) is 13.6. The van der Waals surface area contributed by atoms with E-state index in [9.17, 15) is 0 Å². The van der Waals surface area contributed by atoms with Crippen LogP contribution in [0.25, 0.3) is 0 Å². The van der Waals surface area contributed by atoms with Crippen molar-refractivity contribution in [2.75, 3.05) is 6.54 Å². The van der Waals surface area contributed by atoms with E-state index in [0.29, 0.717) is 10.8 Å². The molecule has 0 aromatic heterocycles. The summed E-state index contributed by atoms with van der Waals surface area (Å²) >= 11 is 6.05. The van der Waals surface area contributed by atoms with Gasteiger partial charge in [0.05, 0.1) is 0 Å². The predicted molar refractivity (Wildman–Crippen MR) is 86.3 cm³/mol. The predicted octanol–water partition coefficient (Wildman–Crippen LogP) is 4.79. The van der Waals surface area contributed by atoms with E-state index in [4.69, 9.17) is 11.6 Å². The fourth-order valence-corrected chi connectivity index (χ4v) is 3.53. The molecule has 110 valence electrons. The summed E-state index contributed by atoms with van der Waals surface area (Å²) in [5.41, 5.74) is 2.23. The van der Waals surface area contributed by atoms with Crippen molar-refractivity contribution in [2.45, 2.75) is 57.9 Å². The number of hydrogen-bond donors (Lipinski definition) is 1. The summed E-state index contributed by atoms with van der Waals surface area (Å²) in [6.07, 6.45) is 5.33. The van der Waals surface area contributed by atoms with Crippen LogP contribution in [-0.2, 0) is 5.41 Å². The van der Waals surface area contributed by atoms with Gasteiger partial charge in [-0.3, -0.25) is 0 Å². The SMILES string of the molecule is CC(C)(C)C1CC(CNC2CC2)(c2ccc(Cl)cc2)C1. The minimum atomic E-state index is 0.338. The maximum atomic E-state index is 6.05. The van der Waals surface area contributed by atoms with Gasteiger partial charge in [-0.2, -0.15) is 0 Å². The van der Waals surface area contributed by atoms with Crippen molar-refractivity contribution in [3.63, 3.8) is 0 Å². The zero-order chi connectivity index (χ0) is 14.4. The van der Waals surface area contributed by atoms with Gasteiger partial charge in [-0.1, -0.05) is 44.5 Å². The van der Waals surface area contributed by atoms with Gasteiger partial charge in [0.2, 0.25) is 0 Å². The van der Waals surface area contributed by atoms with E-state index in [2.05, 4.69) is 38.2 Å². The normalized spacial score (nSPS) is 30.1. The lowest BCUT2D eigenvalue weighted by Crippen LogP contribution is -2.52. The highest BCUT2D eigenvalue weighted by Gasteiger charge is 2.49. The molecule has 0 atom stereocenters. The molecule has 3 rings (SSSR count). The highest BCUT2D eigenvalue weighted by Crippen LogP contribution is 2.54. The quantitative estimate of drug-likeness (QED) is 0.841. The van der Waals surface area contributed by atoms with E-state index >= 15 is 0 Å². The molecule has 0 saturated heterocycles. The minimum absolute atomic E-state index is 0.338. The van der Waals surface area contributed by atoms with Gasteiger partial charge in [-0.15, -0.1) is 0 Å². The molecule has 1 N–H and O–H groups in total. The highest BCUT2D eigenvalue weighted by molar-refractivity contribution is 6.30. The van der Waals surface area contributed by atoms with Gasteiger partial charge in [0.15, 0.2) is 0 Å². The molecular formula is C18H26ClN. The fourth-order valence-electron chi connectivity index (χ4n) is 3.41. The van der Waals surface area contributed by atoms with Crippen molar-refractivity contribution in [1.82, 2.24) is 5.32 Å². The van der Waals surface area contributed by atoms with Crippen molar-refractivity contribution in [3.8, 4) is 0 Å². The molecule has 1 aromatic carbocycles. The van der Waals surface area contributed by atoms with Crippen molar-refractivity contribution >= 4 is 11.6 Å². The lowest BCUT2D eigenvalue weighted by molar-refractivity contribution is 0.0446. The first-order valence-corrected chi connectivity index (χ1v) is 8.26. The molecule has 0 unspecified atom stereocenters. The third kappa shape index (κ3) is 2.89. The van der Waals surface area contributed by atoms with Crippen LogP contribution < -0.4 is 5.32 Å². The van der Waals surface area contributed by atoms with Gasteiger partial charge in [0.25, 0.3) is 0 Å². The maximum absolute atomic E-state index is 6.05. The molecular weight excluding hydrogens is 266 g/mol. The second-order valence-electron chi connectivity index (χ2n) is 7.91. The fraction of sp³-hybridized carbons (Fsp3) is 0.667. The molecule has 0 aliphatic heterocycles. The Bertz CT molecular complexity index is 461. The van der Waals surface area contributed by atoms with Crippen LogP contribution in [-0.4, -0.2) is 12.6 Å². The summed E-state index contributed by atoms with van der Waals surface area (Å²) in [6.45, 7) is 8.25. The molecule has 1 nitrogen and oxygen atoms in total. The first-order chi connectivity index (χ1) is 9.39. The summed E-state index contributed by atoms with van der Waals surface area (Å²) in [7, 11) is 0. The van der Waals surface area contributed by atoms with E-state index in [-0.39, 0.29) is 0 Å². The number of halogens is 1. The summed E-state index contributed by atoms with van der Waals surface area (Å²) in [6, 6.07) is 9.33. The van der Waals surface area contributed by atoms with Gasteiger partial charge < -0.3 is 5.32 Å². The third-order valence-corrected chi connectivity index (χ3v) is 5.51. The van der Waals surface area contributed by atoms with Gasteiger partial charge in [-0.05, 0) is 54.7 Å². The van der Waals surface area contributed by atoms with E-state index in [1.54, 1.807) is 0 Å². The molecule has 0 radical (unpaired) electrons. The Kier molecular flexibility index (Phi) is 3.63. The van der Waals surface area contributed by atoms with Crippen LogP contribution in [0.4, 0.5) is 0 Å². The van der Waals surface area contributed by atoms with Crippen LogP contribution in [0.1, 0.15) is 52.0 Å². The Morgan fingerprint density at radius 2 is 1.75 bits per heavy atom. The molecule has 20 heavy (non-hydrogen) atoms. The van der Waals surface area contributed by atoms with Gasteiger partial charge in [-0.25, -0.2) is 0 Å². The van der Waals surface area contributed by atoms with Crippen molar-refractivity contribution in [2.24, 2.45) is 11.3 Å². The van der Waals surface area contributed by atoms with Gasteiger partial charge >= 0.3 is 0 Å². The first-order valence-electron chi connectivity index (χ1n) is 7.88. The Hall–Kier alpha value is -0.530. The lowest BCUT2D eigenvalue weighted by Gasteiger charge is -2.53. The average molecular weight is 292 g/mol. The Balaban J connectivity index is 1.76. The molecule has 0 spiro atoms. The van der Waals surface area contributed by atoms with Gasteiger partial charge in [0, 0.05) is 23.0 Å². The van der Waals surface area contributed by atoms with E-state index in [1.807, 2.05) is 12.1 Å². The van der Waals surface area contributed by atoms with Crippen LogP contribution in [0.2, 0.25) is 5.02 Å². The van der Waals surface area contributed by atoms with Crippen LogP contribution >= 0.6 is 11.6 Å². The molecule has 2 heteroatoms. The second kappa shape index (κ2) is 5.03. The first kappa shape index (κ1) is 14.4. The Morgan fingerprint density at radius 1 is 1.15 bits per heavy atom. The standard InChI is InChI=1S/C18H26ClN/c1-17(2,3)14-10-18(11-14,12-20-16-8-9-16)13-4-6-15(19)7-5-13/h4-7,14,16,20H,8-12H2,1-3H3. The molecule has 2 fully saturated rings. The second-order valence-corrected chi connectivity index (χ2v) is 8.35. The number of nitrogens with one attached hydrogen (secondary N) is 1. The average Bonchev–Trinajstić information content (AvgIpc) is 3.12. The third-order valence-electron chi connectivity index (χ3n) is 5.26. The maximum Gasteiger partial charge on any atom is 0.0406 e. The molecule has 0 bridgehead atoms. The molecule has 2 aliphatic carbocycles. The highest BCUT2D eigenvalue weighted by atomic mass is 35.5. The van der Waals surface area contributed by atoms with Crippen LogP contribution in [0.5, 0.6) is 0 Å². The molecule has 0 heterocycles. The monoisotopic (exact) mass is 291 g/mol. The summed E-state index contributed by atoms with van der Waals surface area (Å²) in [5, 5.41) is 4.59. The summed E-state index contributed by atoms with van der Waals surface area (Å²) in [4.78, 5) is 0. The molecule has 2 aliphatic rings. The van der Waals surface area contributed by atoms with E-state index < -0.39 is 0 Å². The lowest BCUT2D eigenvalue weighted by atomic mass is 9.52. The number of rotatable bonds is 4. The Morgan fingerprint density at radius 3 is 2.25 bits per heavy atom. The van der Waals surface area contributed by atoms with Gasteiger partial charge in [0.1, 0.15) is 0 Å². The van der Waals surface area contributed by atoms with Crippen molar-refractivity contribution < 1.29 is 0 Å². The van der Waals surface area contributed by atoms with Crippen LogP contribution in [0, 0.1) is 11.3 Å². The van der Waals surface area contributed by atoms with E-state index in [1.165, 1.54) is 31.2 Å². The topological polar surface area (TPSA) is 12.0 Å². The van der Waals surface area contributed by atoms with Crippen LogP contribution in [0.3, 0.4) is 0 Å². The number of hydrogen-bond acceptors (Lipinski definition) is 1. The zero-order valence-electron chi connectivity index (χ0n) is 12.9. The Labute approximate surface area is 128 Å².